The third kappa shape index (κ3) is 3.11. The van der Waals surface area contributed by atoms with Gasteiger partial charge in [0, 0.05) is 19.2 Å². The standard InChI is InChI=1S/C19H20FN5O2/c1-3-14-16(20)18(22-11-21-14)27-13-7-9-24(10-13)19(26)17-12(2)23-15-6-4-5-8-25(15)17/h4-6,8,11,13H,3,7,9-10H2,1-2H3/t13-/m1/s1. The van der Waals surface area contributed by atoms with Gasteiger partial charge in [-0.05, 0) is 25.5 Å². The largest absolute Gasteiger partial charge is 0.470 e. The van der Waals surface area contributed by atoms with Crippen molar-refractivity contribution in [3.8, 4) is 5.88 Å². The van der Waals surface area contributed by atoms with E-state index in [0.717, 1.165) is 5.65 Å². The number of aryl methyl sites for hydroxylation is 2. The van der Waals surface area contributed by atoms with Crippen LogP contribution in [0.4, 0.5) is 4.39 Å². The van der Waals surface area contributed by atoms with Crippen molar-refractivity contribution in [2.24, 2.45) is 0 Å². The van der Waals surface area contributed by atoms with Gasteiger partial charge in [0.25, 0.3) is 11.8 Å². The van der Waals surface area contributed by atoms with E-state index in [2.05, 4.69) is 15.0 Å². The number of carbonyl (C=O) groups excluding carboxylic acids is 1. The number of likely N-dealkylation sites (tertiary alicyclic amines) is 1. The Bertz CT molecular complexity index is 1000. The fourth-order valence-electron chi connectivity index (χ4n) is 3.40. The molecule has 140 valence electrons. The molecule has 1 amide bonds. The highest BCUT2D eigenvalue weighted by molar-refractivity contribution is 5.94. The lowest BCUT2D eigenvalue weighted by atomic mass is 10.3. The topological polar surface area (TPSA) is 72.6 Å². The number of nitrogens with zero attached hydrogens (tertiary/aromatic N) is 5. The van der Waals surface area contributed by atoms with Crippen LogP contribution < -0.4 is 4.74 Å². The lowest BCUT2D eigenvalue weighted by Crippen LogP contribution is -2.32. The monoisotopic (exact) mass is 369 g/mol. The predicted octanol–water partition coefficient (Wildman–Crippen LogP) is 2.43. The molecule has 0 unspecified atom stereocenters. The maximum atomic E-state index is 14.3. The Balaban J connectivity index is 1.51. The molecule has 4 rings (SSSR count). The van der Waals surface area contributed by atoms with E-state index in [-0.39, 0.29) is 17.9 Å². The molecule has 0 N–H and O–H groups in total. The molecule has 0 bridgehead atoms. The van der Waals surface area contributed by atoms with Gasteiger partial charge in [0.05, 0.1) is 17.9 Å². The zero-order valence-corrected chi connectivity index (χ0v) is 15.2. The van der Waals surface area contributed by atoms with Crippen LogP contribution in [0, 0.1) is 12.7 Å². The van der Waals surface area contributed by atoms with E-state index in [1.807, 2.05) is 38.2 Å². The first-order valence-corrected chi connectivity index (χ1v) is 8.97. The number of carbonyl (C=O) groups is 1. The van der Waals surface area contributed by atoms with E-state index in [1.165, 1.54) is 6.33 Å². The molecule has 1 aliphatic rings. The minimum absolute atomic E-state index is 0.0490. The van der Waals surface area contributed by atoms with Crippen molar-refractivity contribution >= 4 is 11.6 Å². The molecule has 1 aliphatic heterocycles. The molecule has 4 heterocycles. The van der Waals surface area contributed by atoms with E-state index < -0.39 is 5.82 Å². The van der Waals surface area contributed by atoms with Crippen molar-refractivity contribution in [3.05, 3.63) is 53.6 Å². The third-order valence-corrected chi connectivity index (χ3v) is 4.78. The zero-order chi connectivity index (χ0) is 19.0. The quantitative estimate of drug-likeness (QED) is 0.706. The molecule has 3 aromatic rings. The maximum Gasteiger partial charge on any atom is 0.272 e. The van der Waals surface area contributed by atoms with Crippen molar-refractivity contribution < 1.29 is 13.9 Å². The zero-order valence-electron chi connectivity index (χ0n) is 15.2. The number of pyridine rings is 1. The van der Waals surface area contributed by atoms with Gasteiger partial charge in [-0.25, -0.2) is 9.97 Å². The highest BCUT2D eigenvalue weighted by atomic mass is 19.1. The van der Waals surface area contributed by atoms with Crippen LogP contribution >= 0.6 is 0 Å². The van der Waals surface area contributed by atoms with Gasteiger partial charge in [-0.2, -0.15) is 9.37 Å². The van der Waals surface area contributed by atoms with Crippen LogP contribution in [-0.4, -0.2) is 49.4 Å². The van der Waals surface area contributed by atoms with Crippen LogP contribution in [0.15, 0.2) is 30.7 Å². The Morgan fingerprint density at radius 2 is 2.22 bits per heavy atom. The van der Waals surface area contributed by atoms with Gasteiger partial charge in [0.15, 0.2) is 0 Å². The number of fused-ring (bicyclic) bond motifs is 1. The number of imidazole rings is 1. The second-order valence-corrected chi connectivity index (χ2v) is 6.55. The Morgan fingerprint density at radius 1 is 1.37 bits per heavy atom. The number of aromatic nitrogens is 4. The highest BCUT2D eigenvalue weighted by Gasteiger charge is 2.31. The Hall–Kier alpha value is -3.03. The van der Waals surface area contributed by atoms with Crippen molar-refractivity contribution in [1.82, 2.24) is 24.3 Å². The number of rotatable bonds is 4. The Labute approximate surface area is 155 Å². The number of ether oxygens (including phenoxy) is 1. The summed E-state index contributed by atoms with van der Waals surface area (Å²) in [5.74, 6) is -0.677. The summed E-state index contributed by atoms with van der Waals surface area (Å²) in [6.45, 7) is 4.57. The summed E-state index contributed by atoms with van der Waals surface area (Å²) >= 11 is 0. The van der Waals surface area contributed by atoms with Crippen LogP contribution in [0.25, 0.3) is 5.65 Å². The van der Waals surface area contributed by atoms with E-state index in [0.29, 0.717) is 43.0 Å². The minimum atomic E-state index is -0.526. The molecule has 0 spiro atoms. The molecule has 7 nitrogen and oxygen atoms in total. The van der Waals surface area contributed by atoms with Crippen molar-refractivity contribution in [2.75, 3.05) is 13.1 Å². The average molecular weight is 369 g/mol. The van der Waals surface area contributed by atoms with E-state index in [1.54, 1.807) is 9.30 Å². The van der Waals surface area contributed by atoms with Crippen LogP contribution in [0.3, 0.4) is 0 Å². The maximum absolute atomic E-state index is 14.3. The van der Waals surface area contributed by atoms with E-state index in [9.17, 15) is 9.18 Å². The number of hydrogen-bond donors (Lipinski definition) is 0. The lowest BCUT2D eigenvalue weighted by Gasteiger charge is -2.17. The Kier molecular flexibility index (Phi) is 4.47. The van der Waals surface area contributed by atoms with Crippen molar-refractivity contribution in [3.63, 3.8) is 0 Å². The van der Waals surface area contributed by atoms with Crippen LogP contribution in [0.2, 0.25) is 0 Å². The summed E-state index contributed by atoms with van der Waals surface area (Å²) in [4.78, 5) is 27.0. The number of hydrogen-bond acceptors (Lipinski definition) is 5. The molecular weight excluding hydrogens is 349 g/mol. The Morgan fingerprint density at radius 3 is 3.04 bits per heavy atom. The first kappa shape index (κ1) is 17.4. The molecule has 1 saturated heterocycles. The highest BCUT2D eigenvalue weighted by Crippen LogP contribution is 2.23. The van der Waals surface area contributed by atoms with Gasteiger partial charge in [0.1, 0.15) is 23.8 Å². The molecular formula is C19H20FN5O2. The number of halogens is 1. The van der Waals surface area contributed by atoms with Crippen molar-refractivity contribution in [2.45, 2.75) is 32.8 Å². The molecule has 0 saturated carbocycles. The minimum Gasteiger partial charge on any atom is -0.470 e. The summed E-state index contributed by atoms with van der Waals surface area (Å²) in [7, 11) is 0. The van der Waals surface area contributed by atoms with Gasteiger partial charge in [-0.3, -0.25) is 9.20 Å². The van der Waals surface area contributed by atoms with Gasteiger partial charge in [-0.1, -0.05) is 13.0 Å². The first-order valence-electron chi connectivity index (χ1n) is 8.97. The van der Waals surface area contributed by atoms with Crippen LogP contribution in [0.1, 0.15) is 35.2 Å². The molecule has 27 heavy (non-hydrogen) atoms. The molecule has 3 aromatic heterocycles. The molecule has 8 heteroatoms. The molecule has 0 radical (unpaired) electrons. The summed E-state index contributed by atoms with van der Waals surface area (Å²) in [6, 6.07) is 5.61. The third-order valence-electron chi connectivity index (χ3n) is 4.78. The summed E-state index contributed by atoms with van der Waals surface area (Å²) in [5, 5.41) is 0. The summed E-state index contributed by atoms with van der Waals surface area (Å²) < 4.78 is 21.8. The molecule has 1 atom stereocenters. The first-order chi connectivity index (χ1) is 13.1. The van der Waals surface area contributed by atoms with Gasteiger partial charge in [0.2, 0.25) is 5.82 Å². The van der Waals surface area contributed by atoms with E-state index >= 15 is 0 Å². The summed E-state index contributed by atoms with van der Waals surface area (Å²) in [6.07, 6.45) is 3.91. The van der Waals surface area contributed by atoms with Crippen LogP contribution in [-0.2, 0) is 6.42 Å². The second-order valence-electron chi connectivity index (χ2n) is 6.55. The molecule has 0 aliphatic carbocycles. The van der Waals surface area contributed by atoms with Crippen molar-refractivity contribution in [1.29, 1.82) is 0 Å². The van der Waals surface area contributed by atoms with Gasteiger partial charge < -0.3 is 9.64 Å². The fourth-order valence-corrected chi connectivity index (χ4v) is 3.40. The fraction of sp³-hybridized carbons (Fsp3) is 0.368. The predicted molar refractivity (Wildman–Crippen MR) is 96.2 cm³/mol. The molecule has 0 aromatic carbocycles. The lowest BCUT2D eigenvalue weighted by molar-refractivity contribution is 0.0762. The normalized spacial score (nSPS) is 16.9. The summed E-state index contributed by atoms with van der Waals surface area (Å²) in [5.41, 5.74) is 2.30. The average Bonchev–Trinajstić information content (AvgIpc) is 3.26. The van der Waals surface area contributed by atoms with Gasteiger partial charge >= 0.3 is 0 Å². The SMILES string of the molecule is CCc1ncnc(O[C@@H]2CCN(C(=O)c3c(C)nc4ccccn34)C2)c1F. The van der Waals surface area contributed by atoms with Crippen LogP contribution in [0.5, 0.6) is 5.88 Å². The number of amides is 1. The molecule has 1 fully saturated rings. The smallest absolute Gasteiger partial charge is 0.272 e. The van der Waals surface area contributed by atoms with E-state index in [4.69, 9.17) is 4.74 Å². The second kappa shape index (κ2) is 6.94. The van der Waals surface area contributed by atoms with Gasteiger partial charge in [-0.15, -0.1) is 0 Å².